The molecular formula is C13H16N2O3. The van der Waals surface area contributed by atoms with E-state index in [9.17, 15) is 14.7 Å². The Labute approximate surface area is 105 Å². The largest absolute Gasteiger partial charge is 0.394 e. The summed E-state index contributed by atoms with van der Waals surface area (Å²) >= 11 is 0. The van der Waals surface area contributed by atoms with Crippen LogP contribution < -0.4 is 10.6 Å². The molecule has 1 aromatic carbocycles. The highest BCUT2D eigenvalue weighted by Crippen LogP contribution is 2.15. The molecule has 1 aromatic rings. The zero-order chi connectivity index (χ0) is 13.0. The average molecular weight is 248 g/mol. The SMILES string of the molecule is O=C1CC(C(=O)N[C@H](CO)c2ccccc2)CN1. The van der Waals surface area contributed by atoms with Crippen LogP contribution >= 0.6 is 0 Å². The van der Waals surface area contributed by atoms with Crippen molar-refractivity contribution < 1.29 is 14.7 Å². The average Bonchev–Trinajstić information content (AvgIpc) is 2.83. The van der Waals surface area contributed by atoms with Gasteiger partial charge in [0.25, 0.3) is 0 Å². The van der Waals surface area contributed by atoms with Gasteiger partial charge >= 0.3 is 0 Å². The summed E-state index contributed by atoms with van der Waals surface area (Å²) in [4.78, 5) is 23.0. The van der Waals surface area contributed by atoms with Crippen LogP contribution in [0.15, 0.2) is 30.3 Å². The van der Waals surface area contributed by atoms with Crippen molar-refractivity contribution in [3.8, 4) is 0 Å². The van der Waals surface area contributed by atoms with Crippen LogP contribution in [-0.4, -0.2) is 30.1 Å². The van der Waals surface area contributed by atoms with Crippen LogP contribution in [-0.2, 0) is 9.59 Å². The number of carbonyl (C=O) groups is 2. The van der Waals surface area contributed by atoms with Gasteiger partial charge in [0.05, 0.1) is 18.6 Å². The number of amides is 2. The van der Waals surface area contributed by atoms with Gasteiger partial charge in [-0.3, -0.25) is 9.59 Å². The molecule has 1 saturated heterocycles. The number of aliphatic hydroxyl groups excluding tert-OH is 1. The molecular weight excluding hydrogens is 232 g/mol. The quantitative estimate of drug-likeness (QED) is 0.700. The number of benzene rings is 1. The van der Waals surface area contributed by atoms with Crippen molar-refractivity contribution in [1.29, 1.82) is 0 Å². The number of hydrogen-bond acceptors (Lipinski definition) is 3. The van der Waals surface area contributed by atoms with Crippen molar-refractivity contribution in [3.05, 3.63) is 35.9 Å². The van der Waals surface area contributed by atoms with Crippen molar-refractivity contribution in [2.24, 2.45) is 5.92 Å². The number of rotatable bonds is 4. The van der Waals surface area contributed by atoms with E-state index in [1.165, 1.54) is 0 Å². The third-order valence-corrected chi connectivity index (χ3v) is 3.05. The van der Waals surface area contributed by atoms with E-state index in [1.54, 1.807) is 0 Å². The van der Waals surface area contributed by atoms with Crippen LogP contribution in [0, 0.1) is 5.92 Å². The van der Waals surface area contributed by atoms with Gasteiger partial charge in [0, 0.05) is 13.0 Å². The Kier molecular flexibility index (Phi) is 3.94. The minimum atomic E-state index is -0.422. The fourth-order valence-electron chi connectivity index (χ4n) is 2.00. The molecule has 0 radical (unpaired) electrons. The van der Waals surface area contributed by atoms with E-state index >= 15 is 0 Å². The summed E-state index contributed by atoms with van der Waals surface area (Å²) in [6, 6.07) is 8.85. The number of hydrogen-bond donors (Lipinski definition) is 3. The van der Waals surface area contributed by atoms with E-state index < -0.39 is 6.04 Å². The summed E-state index contributed by atoms with van der Waals surface area (Å²) in [5.41, 5.74) is 0.852. The van der Waals surface area contributed by atoms with Crippen LogP contribution in [0.2, 0.25) is 0 Å². The van der Waals surface area contributed by atoms with Crippen molar-refractivity contribution in [3.63, 3.8) is 0 Å². The van der Waals surface area contributed by atoms with Gasteiger partial charge in [-0.05, 0) is 5.56 Å². The van der Waals surface area contributed by atoms with E-state index in [0.29, 0.717) is 6.54 Å². The lowest BCUT2D eigenvalue weighted by Crippen LogP contribution is -2.36. The molecule has 1 fully saturated rings. The highest BCUT2D eigenvalue weighted by atomic mass is 16.3. The first-order chi connectivity index (χ1) is 8.70. The molecule has 3 N–H and O–H groups in total. The minimum Gasteiger partial charge on any atom is -0.394 e. The maximum atomic E-state index is 11.9. The third-order valence-electron chi connectivity index (χ3n) is 3.05. The normalized spacial score (nSPS) is 20.3. The van der Waals surface area contributed by atoms with E-state index in [1.807, 2.05) is 30.3 Å². The Morgan fingerprint density at radius 2 is 2.17 bits per heavy atom. The molecule has 2 rings (SSSR count). The second-order valence-corrected chi connectivity index (χ2v) is 4.36. The summed E-state index contributed by atoms with van der Waals surface area (Å²) < 4.78 is 0. The van der Waals surface area contributed by atoms with Crippen LogP contribution in [0.3, 0.4) is 0 Å². The van der Waals surface area contributed by atoms with Crippen molar-refractivity contribution in [2.75, 3.05) is 13.2 Å². The molecule has 0 saturated carbocycles. The molecule has 1 heterocycles. The van der Waals surface area contributed by atoms with Crippen molar-refractivity contribution >= 4 is 11.8 Å². The van der Waals surface area contributed by atoms with Gasteiger partial charge in [0.1, 0.15) is 0 Å². The molecule has 5 nitrogen and oxygen atoms in total. The molecule has 1 aliphatic heterocycles. The van der Waals surface area contributed by atoms with E-state index in [-0.39, 0.29) is 30.8 Å². The highest BCUT2D eigenvalue weighted by Gasteiger charge is 2.29. The lowest BCUT2D eigenvalue weighted by Gasteiger charge is -2.18. The first kappa shape index (κ1) is 12.6. The summed E-state index contributed by atoms with van der Waals surface area (Å²) in [6.45, 7) is 0.210. The Hall–Kier alpha value is -1.88. The summed E-state index contributed by atoms with van der Waals surface area (Å²) in [6.07, 6.45) is 0.221. The highest BCUT2D eigenvalue weighted by molar-refractivity contribution is 5.89. The summed E-state index contributed by atoms with van der Waals surface area (Å²) in [5.74, 6) is -0.637. The molecule has 18 heavy (non-hydrogen) atoms. The smallest absolute Gasteiger partial charge is 0.225 e. The first-order valence-corrected chi connectivity index (χ1v) is 5.93. The molecule has 2 amide bonds. The predicted molar refractivity (Wildman–Crippen MR) is 65.5 cm³/mol. The number of aliphatic hydroxyl groups is 1. The Balaban J connectivity index is 1.98. The fraction of sp³-hybridized carbons (Fsp3) is 0.385. The monoisotopic (exact) mass is 248 g/mol. The molecule has 1 unspecified atom stereocenters. The van der Waals surface area contributed by atoms with Crippen LogP contribution in [0.1, 0.15) is 18.0 Å². The molecule has 0 spiro atoms. The number of nitrogens with one attached hydrogen (secondary N) is 2. The van der Waals surface area contributed by atoms with Gasteiger partial charge in [-0.1, -0.05) is 30.3 Å². The van der Waals surface area contributed by atoms with Gasteiger partial charge in [-0.15, -0.1) is 0 Å². The molecule has 0 aliphatic carbocycles. The van der Waals surface area contributed by atoms with E-state index in [2.05, 4.69) is 10.6 Å². The predicted octanol–water partition coefficient (Wildman–Crippen LogP) is -0.0277. The summed E-state index contributed by atoms with van der Waals surface area (Å²) in [7, 11) is 0. The maximum absolute atomic E-state index is 11.9. The molecule has 1 aliphatic rings. The van der Waals surface area contributed by atoms with Crippen LogP contribution in [0.5, 0.6) is 0 Å². The second-order valence-electron chi connectivity index (χ2n) is 4.36. The zero-order valence-electron chi connectivity index (χ0n) is 9.93. The van der Waals surface area contributed by atoms with E-state index in [4.69, 9.17) is 0 Å². The first-order valence-electron chi connectivity index (χ1n) is 5.93. The maximum Gasteiger partial charge on any atom is 0.225 e. The van der Waals surface area contributed by atoms with Crippen LogP contribution in [0.25, 0.3) is 0 Å². The topological polar surface area (TPSA) is 78.4 Å². The van der Waals surface area contributed by atoms with Crippen molar-refractivity contribution in [1.82, 2.24) is 10.6 Å². The lowest BCUT2D eigenvalue weighted by molar-refractivity contribution is -0.127. The Bertz CT molecular complexity index is 433. The fourth-order valence-corrected chi connectivity index (χ4v) is 2.00. The molecule has 2 atom stereocenters. The van der Waals surface area contributed by atoms with Crippen molar-refractivity contribution in [2.45, 2.75) is 12.5 Å². The number of carbonyl (C=O) groups excluding carboxylic acids is 2. The Morgan fingerprint density at radius 1 is 1.44 bits per heavy atom. The minimum absolute atomic E-state index is 0.101. The summed E-state index contributed by atoms with van der Waals surface area (Å²) in [5, 5.41) is 14.7. The molecule has 96 valence electrons. The van der Waals surface area contributed by atoms with Gasteiger partial charge in [0.2, 0.25) is 11.8 Å². The van der Waals surface area contributed by atoms with Gasteiger partial charge < -0.3 is 15.7 Å². The second kappa shape index (κ2) is 5.64. The van der Waals surface area contributed by atoms with Gasteiger partial charge in [0.15, 0.2) is 0 Å². The van der Waals surface area contributed by atoms with Crippen LogP contribution in [0.4, 0.5) is 0 Å². The lowest BCUT2D eigenvalue weighted by atomic mass is 10.0. The molecule has 5 heteroatoms. The molecule has 0 aromatic heterocycles. The third kappa shape index (κ3) is 2.87. The van der Waals surface area contributed by atoms with Gasteiger partial charge in [-0.25, -0.2) is 0 Å². The Morgan fingerprint density at radius 3 is 2.72 bits per heavy atom. The molecule has 0 bridgehead atoms. The zero-order valence-corrected chi connectivity index (χ0v) is 9.93. The standard InChI is InChI=1S/C13H16N2O3/c16-8-11(9-4-2-1-3-5-9)15-13(18)10-6-12(17)14-7-10/h1-5,10-11,16H,6-8H2,(H,14,17)(H,15,18)/t10?,11-/m1/s1. The van der Waals surface area contributed by atoms with Gasteiger partial charge in [-0.2, -0.15) is 0 Å². The van der Waals surface area contributed by atoms with E-state index in [0.717, 1.165) is 5.56 Å².